The van der Waals surface area contributed by atoms with E-state index in [1.807, 2.05) is 0 Å². The predicted molar refractivity (Wildman–Crippen MR) is 118 cm³/mol. The molecule has 2 rings (SSSR count). The molecule has 2 aromatic rings. The number of anilines is 2. The van der Waals surface area contributed by atoms with E-state index in [0.717, 1.165) is 24.2 Å². The van der Waals surface area contributed by atoms with Gasteiger partial charge in [-0.15, -0.1) is 23.3 Å². The van der Waals surface area contributed by atoms with E-state index in [-0.39, 0.29) is 32.7 Å². The van der Waals surface area contributed by atoms with E-state index in [9.17, 15) is 0 Å². The van der Waals surface area contributed by atoms with Gasteiger partial charge in [-0.2, -0.15) is 11.1 Å². The van der Waals surface area contributed by atoms with Crippen LogP contribution in [0.1, 0.15) is 36.1 Å². The average Bonchev–Trinajstić information content (AvgIpc) is 2.67. The van der Waals surface area contributed by atoms with Gasteiger partial charge in [-0.1, -0.05) is 38.1 Å². The van der Waals surface area contributed by atoms with E-state index < -0.39 is 0 Å². The molecule has 3 heteroatoms. The van der Waals surface area contributed by atoms with Gasteiger partial charge in [0.15, 0.2) is 0 Å². The summed E-state index contributed by atoms with van der Waals surface area (Å²) in [4.78, 5) is 4.40. The van der Waals surface area contributed by atoms with Crippen molar-refractivity contribution in [2.45, 2.75) is 27.7 Å². The third-order valence-corrected chi connectivity index (χ3v) is 4.70. The monoisotopic (exact) mass is 437 g/mol. The molecule has 0 unspecified atom stereocenters. The van der Waals surface area contributed by atoms with E-state index in [1.54, 1.807) is 12.2 Å². The summed E-state index contributed by atoms with van der Waals surface area (Å²) in [5.74, 6) is 0. The maximum Gasteiger partial charge on any atom is 0.0335 e. The van der Waals surface area contributed by atoms with Crippen molar-refractivity contribution in [2.24, 2.45) is 0 Å². The normalized spacial score (nSPS) is 9.41. The van der Waals surface area contributed by atoms with Gasteiger partial charge in [0.1, 0.15) is 0 Å². The van der Waals surface area contributed by atoms with Crippen molar-refractivity contribution >= 4 is 23.5 Å². The van der Waals surface area contributed by atoms with Crippen molar-refractivity contribution in [3.8, 4) is 0 Å². The fraction of sp³-hybridized carbons (Fsp3) is 0.333. The Morgan fingerprint density at radius 1 is 0.741 bits per heavy atom. The maximum absolute atomic E-state index is 5.47. The van der Waals surface area contributed by atoms with Crippen LogP contribution >= 0.6 is 0 Å². The summed E-state index contributed by atoms with van der Waals surface area (Å²) in [7, 11) is 4.17. The van der Waals surface area contributed by atoms with Gasteiger partial charge >= 0.3 is 0 Å². The van der Waals surface area contributed by atoms with Gasteiger partial charge in [0.2, 0.25) is 0 Å². The second-order valence-electron chi connectivity index (χ2n) is 6.44. The minimum atomic E-state index is 0. The Hall–Kier alpha value is -1.38. The SMILES string of the molecule is [CH-]=Cc1ccc(N(C)CC)cc1C.[CH-]=Cc1ccc(N(C)CC)cc1C.[Y]. The smallest absolute Gasteiger partial charge is 0.0335 e. The van der Waals surface area contributed by atoms with Gasteiger partial charge in [-0.3, -0.25) is 13.2 Å². The van der Waals surface area contributed by atoms with Gasteiger partial charge in [0.25, 0.3) is 0 Å². The molecule has 0 heterocycles. The summed E-state index contributed by atoms with van der Waals surface area (Å²) in [5.41, 5.74) is 7.14. The number of hydrogen-bond donors (Lipinski definition) is 0. The summed E-state index contributed by atoms with van der Waals surface area (Å²) in [6, 6.07) is 12.6. The minimum Gasteiger partial charge on any atom is -0.375 e. The summed E-state index contributed by atoms with van der Waals surface area (Å²) >= 11 is 0. The standard InChI is InChI=1S/2C12H16N.Y/c2*1-5-11-7-8-12(9-10(11)3)13(4)6-2;/h2*1,5,7-9H,6H2,2-4H3;/q2*-1;. The van der Waals surface area contributed by atoms with E-state index in [0.29, 0.717) is 0 Å². The number of aryl methyl sites for hydroxylation is 2. The molecule has 0 atom stereocenters. The van der Waals surface area contributed by atoms with Crippen molar-refractivity contribution < 1.29 is 32.7 Å². The molecule has 1 radical (unpaired) electrons. The second kappa shape index (κ2) is 12.9. The molecule has 0 amide bonds. The van der Waals surface area contributed by atoms with Crippen molar-refractivity contribution in [2.75, 3.05) is 37.0 Å². The quantitative estimate of drug-likeness (QED) is 0.528. The molecule has 0 saturated heterocycles. The van der Waals surface area contributed by atoms with Crippen LogP contribution in [0, 0.1) is 27.0 Å². The van der Waals surface area contributed by atoms with E-state index >= 15 is 0 Å². The fourth-order valence-corrected chi connectivity index (χ4v) is 2.53. The Morgan fingerprint density at radius 3 is 1.30 bits per heavy atom. The van der Waals surface area contributed by atoms with Crippen LogP contribution in [-0.2, 0) is 32.7 Å². The summed E-state index contributed by atoms with van der Waals surface area (Å²) in [6.07, 6.45) is 3.29. The molecule has 2 aromatic carbocycles. The number of rotatable bonds is 6. The molecule has 0 aromatic heterocycles. The first-order valence-electron chi connectivity index (χ1n) is 9.11. The summed E-state index contributed by atoms with van der Waals surface area (Å²) in [6.45, 7) is 21.4. The number of benzene rings is 2. The molecule has 0 aliphatic carbocycles. The maximum atomic E-state index is 5.47. The van der Waals surface area contributed by atoms with Crippen LogP contribution < -0.4 is 9.80 Å². The third kappa shape index (κ3) is 7.64. The van der Waals surface area contributed by atoms with Crippen molar-refractivity contribution in [1.29, 1.82) is 0 Å². The fourth-order valence-electron chi connectivity index (χ4n) is 2.53. The summed E-state index contributed by atoms with van der Waals surface area (Å²) in [5, 5.41) is 0. The Labute approximate surface area is 191 Å². The van der Waals surface area contributed by atoms with Crippen molar-refractivity contribution in [1.82, 2.24) is 0 Å². The second-order valence-corrected chi connectivity index (χ2v) is 6.44. The van der Waals surface area contributed by atoms with Crippen LogP contribution in [0.5, 0.6) is 0 Å². The number of nitrogens with zero attached hydrogens (tertiary/aromatic N) is 2. The predicted octanol–water partition coefficient (Wildman–Crippen LogP) is 5.79. The molecule has 0 spiro atoms. The Balaban J connectivity index is 0.000000483. The largest absolute Gasteiger partial charge is 0.375 e. The molecule has 143 valence electrons. The molecule has 27 heavy (non-hydrogen) atoms. The van der Waals surface area contributed by atoms with Crippen LogP contribution in [0.3, 0.4) is 0 Å². The van der Waals surface area contributed by atoms with Gasteiger partial charge in [0.05, 0.1) is 0 Å². The zero-order chi connectivity index (χ0) is 19.7. The zero-order valence-electron chi connectivity index (χ0n) is 17.7. The van der Waals surface area contributed by atoms with Crippen LogP contribution in [0.15, 0.2) is 36.4 Å². The Morgan fingerprint density at radius 2 is 1.07 bits per heavy atom. The number of hydrogen-bond acceptors (Lipinski definition) is 2. The first-order chi connectivity index (χ1) is 12.4. The first-order valence-corrected chi connectivity index (χ1v) is 9.11. The van der Waals surface area contributed by atoms with Gasteiger partial charge in [-0.25, -0.2) is 12.2 Å². The molecule has 0 aliphatic heterocycles. The van der Waals surface area contributed by atoms with Crippen LogP contribution in [0.4, 0.5) is 11.4 Å². The van der Waals surface area contributed by atoms with E-state index in [2.05, 4.69) is 88.0 Å². The molecule has 0 aliphatic rings. The minimum absolute atomic E-state index is 0. The topological polar surface area (TPSA) is 6.48 Å². The Bertz CT molecular complexity index is 674. The molecule has 0 bridgehead atoms. The third-order valence-electron chi connectivity index (χ3n) is 4.70. The molecule has 0 N–H and O–H groups in total. The van der Waals surface area contributed by atoms with Gasteiger partial charge < -0.3 is 9.80 Å². The van der Waals surface area contributed by atoms with Crippen LogP contribution in [0.2, 0.25) is 0 Å². The average molecular weight is 437 g/mol. The molecule has 2 nitrogen and oxygen atoms in total. The van der Waals surface area contributed by atoms with Crippen molar-refractivity contribution in [3.05, 3.63) is 71.8 Å². The zero-order valence-corrected chi connectivity index (χ0v) is 20.5. The van der Waals surface area contributed by atoms with Crippen LogP contribution in [0.25, 0.3) is 12.2 Å². The van der Waals surface area contributed by atoms with E-state index in [1.165, 1.54) is 22.5 Å². The Kier molecular flexibility index (Phi) is 12.3. The summed E-state index contributed by atoms with van der Waals surface area (Å²) < 4.78 is 0. The van der Waals surface area contributed by atoms with Crippen molar-refractivity contribution in [3.63, 3.8) is 0 Å². The van der Waals surface area contributed by atoms with Gasteiger partial charge in [0, 0.05) is 71.3 Å². The molecule has 0 fully saturated rings. The molecular weight excluding hydrogens is 405 g/mol. The first kappa shape index (κ1) is 25.6. The molecule has 0 saturated carbocycles. The van der Waals surface area contributed by atoms with E-state index in [4.69, 9.17) is 13.2 Å². The van der Waals surface area contributed by atoms with Gasteiger partial charge in [-0.05, 0) is 13.8 Å². The molecular formula is C24H32N2Y-2. The van der Waals surface area contributed by atoms with Crippen LogP contribution in [-0.4, -0.2) is 27.2 Å².